The predicted octanol–water partition coefficient (Wildman–Crippen LogP) is 11.6. The van der Waals surface area contributed by atoms with Gasteiger partial charge in [0.1, 0.15) is 42.7 Å². The zero-order chi connectivity index (χ0) is 83.8. The monoisotopic (exact) mass is 1630 g/mol. The number of carbonyl (C=O) groups excluding carboxylic acids is 13. The fourth-order valence-electron chi connectivity index (χ4n) is 23.4. The standard InChI is InChI=1S/C16H22O6.4C15H22O4.C13H18O5/c1-5-16(2,3)15(19)22-12-7-6-8-10(9(7)13(17)20-4)14(18)21-11(8)12;1-3-9(2)14(17)19-12-5-11-4-10(12)6-15(11)7-13(16)18-8-15;1-3-9(2)14(17)19-12-5-10-4-11(12)15(6-10)7-13(16)18-8-15;1-3-9(2)13(16)19-12-7-11-6-10(12)8-15(11)4-5-18-14(15)17;1-3-9(2)13(16)19-12-7-10-6-11(12)15(8-10)4-5-18-14(15)17;1-4-13(2,3)12(15)18-9-7-5-6-8(16-7)10(9)17-11(6)14/h7-12H,5-6H2,1-4H3;4*9-12H,3-8H2,1-2H3;6-10H,4-5H2,1-3H3. The van der Waals surface area contributed by atoms with Gasteiger partial charge in [0, 0.05) is 34.5 Å². The molecule has 8 heterocycles. The summed E-state index contributed by atoms with van der Waals surface area (Å²) in [5.74, 6) is -0.206. The number of rotatable bonds is 19. The highest BCUT2D eigenvalue weighted by atomic mass is 16.7. The summed E-state index contributed by atoms with van der Waals surface area (Å²) in [6, 6.07) is 0. The Bertz CT molecular complexity index is 3770. The number of hydrogen-bond acceptors (Lipinski definition) is 27. The Morgan fingerprint density at radius 3 is 1.39 bits per heavy atom. The molecular weight excluding hydrogens is 1500 g/mol. The van der Waals surface area contributed by atoms with E-state index in [2.05, 4.69) is 0 Å². The molecular formula is C89H128O27. The Hall–Kier alpha value is -6.93. The van der Waals surface area contributed by atoms with Crippen LogP contribution in [0.1, 0.15) is 251 Å². The first-order chi connectivity index (χ1) is 55.0. The highest BCUT2D eigenvalue weighted by molar-refractivity contribution is 5.87. The quantitative estimate of drug-likeness (QED) is 0.0856. The maximum Gasteiger partial charge on any atom is 0.312 e. The molecule has 0 aromatic heterocycles. The van der Waals surface area contributed by atoms with E-state index in [1.165, 1.54) is 7.11 Å². The van der Waals surface area contributed by atoms with Crippen molar-refractivity contribution in [2.24, 2.45) is 133 Å². The van der Waals surface area contributed by atoms with E-state index in [-0.39, 0.29) is 177 Å². The maximum absolute atomic E-state index is 12.4. The minimum atomic E-state index is -0.593. The summed E-state index contributed by atoms with van der Waals surface area (Å²) < 4.78 is 75.8. The average molecular weight is 1630 g/mol. The average Bonchev–Trinajstić information content (AvgIpc) is 1.66. The van der Waals surface area contributed by atoms with Crippen LogP contribution in [0.15, 0.2) is 0 Å². The molecule has 12 bridgehead atoms. The normalized spacial score (nSPS) is 41.0. The Morgan fingerprint density at radius 2 is 0.931 bits per heavy atom. The van der Waals surface area contributed by atoms with Crippen molar-refractivity contribution < 1.29 is 129 Å². The summed E-state index contributed by atoms with van der Waals surface area (Å²) >= 11 is 0. The van der Waals surface area contributed by atoms with Crippen molar-refractivity contribution in [3.05, 3.63) is 0 Å². The number of ether oxygens (including phenoxy) is 14. The molecule has 0 aromatic carbocycles. The second kappa shape index (κ2) is 33.9. The predicted molar refractivity (Wildman–Crippen MR) is 408 cm³/mol. The lowest BCUT2D eigenvalue weighted by Crippen LogP contribution is -2.45. The number of esters is 13. The lowest BCUT2D eigenvalue weighted by atomic mass is 9.71. The highest BCUT2D eigenvalue weighted by Gasteiger charge is 2.72. The van der Waals surface area contributed by atoms with Gasteiger partial charge in [-0.3, -0.25) is 62.3 Å². The summed E-state index contributed by atoms with van der Waals surface area (Å²) in [5, 5.41) is 0. The summed E-state index contributed by atoms with van der Waals surface area (Å²) in [4.78, 5) is 154. The Morgan fingerprint density at radius 1 is 0.457 bits per heavy atom. The van der Waals surface area contributed by atoms with Gasteiger partial charge < -0.3 is 66.3 Å². The molecule has 0 amide bonds. The first-order valence-electron chi connectivity index (χ1n) is 44.0. The number of hydrogen-bond donors (Lipinski definition) is 0. The smallest absolute Gasteiger partial charge is 0.312 e. The molecule has 31 atom stereocenters. The van der Waals surface area contributed by atoms with Gasteiger partial charge in [0.2, 0.25) is 0 Å². The van der Waals surface area contributed by atoms with Gasteiger partial charge in [-0.1, -0.05) is 69.2 Å². The van der Waals surface area contributed by atoms with Gasteiger partial charge in [-0.05, 0) is 204 Å². The van der Waals surface area contributed by atoms with Crippen LogP contribution in [-0.4, -0.2) is 172 Å². The Balaban J connectivity index is 0.000000121. The largest absolute Gasteiger partial charge is 0.469 e. The summed E-state index contributed by atoms with van der Waals surface area (Å²) in [6.07, 6.45) is 18.3. The van der Waals surface area contributed by atoms with Crippen LogP contribution in [0.25, 0.3) is 0 Å². The maximum atomic E-state index is 12.4. The summed E-state index contributed by atoms with van der Waals surface area (Å²) in [7, 11) is 1.31. The summed E-state index contributed by atoms with van der Waals surface area (Å²) in [5.41, 5.74) is -1.62. The van der Waals surface area contributed by atoms with E-state index in [1.807, 2.05) is 96.9 Å². The van der Waals surface area contributed by atoms with Crippen LogP contribution in [0.5, 0.6) is 0 Å². The lowest BCUT2D eigenvalue weighted by Gasteiger charge is -2.36. The van der Waals surface area contributed by atoms with Crippen molar-refractivity contribution in [1.29, 1.82) is 0 Å². The van der Waals surface area contributed by atoms with Gasteiger partial charge in [0.05, 0.1) is 116 Å². The first-order valence-corrected chi connectivity index (χ1v) is 44.0. The molecule has 10 aliphatic carbocycles. The van der Waals surface area contributed by atoms with Crippen molar-refractivity contribution >= 4 is 77.6 Å². The van der Waals surface area contributed by atoms with Gasteiger partial charge in [-0.25, -0.2) is 0 Å². The molecule has 18 aliphatic rings. The van der Waals surface area contributed by atoms with Crippen molar-refractivity contribution in [3.8, 4) is 0 Å². The fraction of sp³-hybridized carbons (Fsp3) is 0.854. The molecule has 27 heteroatoms. The minimum Gasteiger partial charge on any atom is -0.469 e. The van der Waals surface area contributed by atoms with Crippen LogP contribution in [0.2, 0.25) is 0 Å². The molecule has 18 rings (SSSR count). The second-order valence-corrected chi connectivity index (χ2v) is 39.3. The third-order valence-corrected chi connectivity index (χ3v) is 32.0. The number of methoxy groups -OCH3 is 1. The number of cyclic esters (lactones) is 4. The van der Waals surface area contributed by atoms with Crippen LogP contribution in [-0.2, 0) is 129 Å². The molecule has 0 radical (unpaired) electrons. The third-order valence-electron chi connectivity index (χ3n) is 32.0. The van der Waals surface area contributed by atoms with E-state index in [1.54, 1.807) is 0 Å². The van der Waals surface area contributed by atoms with Crippen molar-refractivity contribution in [3.63, 3.8) is 0 Å². The topological polar surface area (TPSA) is 351 Å². The van der Waals surface area contributed by atoms with Gasteiger partial charge in [-0.2, -0.15) is 0 Å². The molecule has 8 aliphatic heterocycles. The van der Waals surface area contributed by atoms with Crippen LogP contribution < -0.4 is 0 Å². The van der Waals surface area contributed by atoms with E-state index in [0.717, 1.165) is 116 Å². The Labute approximate surface area is 681 Å². The third kappa shape index (κ3) is 16.2. The molecule has 18 fully saturated rings. The molecule has 0 N–H and O–H groups in total. The van der Waals surface area contributed by atoms with Crippen LogP contribution in [0.4, 0.5) is 0 Å². The fourth-order valence-corrected chi connectivity index (χ4v) is 23.4. The van der Waals surface area contributed by atoms with Crippen molar-refractivity contribution in [1.82, 2.24) is 0 Å². The zero-order valence-corrected chi connectivity index (χ0v) is 70.9. The van der Waals surface area contributed by atoms with Crippen LogP contribution >= 0.6 is 0 Å². The Kier molecular flexibility index (Phi) is 25.4. The number of carbonyl (C=O) groups is 13. The van der Waals surface area contributed by atoms with E-state index in [0.29, 0.717) is 106 Å². The van der Waals surface area contributed by atoms with E-state index in [4.69, 9.17) is 66.3 Å². The van der Waals surface area contributed by atoms with Gasteiger partial charge in [-0.15, -0.1) is 0 Å². The highest BCUT2D eigenvalue weighted by Crippen LogP contribution is 2.65. The van der Waals surface area contributed by atoms with Crippen LogP contribution in [0, 0.1) is 133 Å². The molecule has 31 unspecified atom stereocenters. The molecule has 10 saturated carbocycles. The van der Waals surface area contributed by atoms with E-state index in [9.17, 15) is 62.3 Å². The summed E-state index contributed by atoms with van der Waals surface area (Å²) in [6.45, 7) is 29.1. The molecule has 8 saturated heterocycles. The molecule has 27 nitrogen and oxygen atoms in total. The van der Waals surface area contributed by atoms with Gasteiger partial charge in [0.15, 0.2) is 12.2 Å². The van der Waals surface area contributed by atoms with Crippen molar-refractivity contribution in [2.45, 2.75) is 312 Å². The van der Waals surface area contributed by atoms with Crippen LogP contribution in [0.3, 0.4) is 0 Å². The first kappa shape index (κ1) is 86.9. The minimum absolute atomic E-state index is 0.00768. The van der Waals surface area contributed by atoms with E-state index >= 15 is 0 Å². The van der Waals surface area contributed by atoms with Gasteiger partial charge in [0.25, 0.3) is 0 Å². The molecule has 0 aromatic rings. The zero-order valence-electron chi connectivity index (χ0n) is 70.9. The van der Waals surface area contributed by atoms with Gasteiger partial charge >= 0.3 is 77.6 Å². The molecule has 4 spiro atoms. The van der Waals surface area contributed by atoms with E-state index < -0.39 is 53.1 Å². The number of fused-ring (bicyclic) bond motifs is 14. The molecule has 646 valence electrons. The van der Waals surface area contributed by atoms with Crippen molar-refractivity contribution in [2.75, 3.05) is 33.5 Å². The lowest BCUT2D eigenvalue weighted by molar-refractivity contribution is -0.173. The second-order valence-electron chi connectivity index (χ2n) is 39.3. The molecule has 116 heavy (non-hydrogen) atoms. The SMILES string of the molecule is CCC(C)(C)C(=O)OC1C2CC3C(=O)OC1C3O2.CCC(C)(C)C(=O)OC1C2CC3C1OC(=O)C3C2C(=O)OC.CCC(C)C(=O)OC1CC2CC1C1(CCOC1=O)C2.CCC(C)C(=O)OC1CC2CC1C1(COC(=O)C1)C2.CCC(C)C(=O)OC1CC2CC1CC21CCOC1=O.CCC(C)C(=O)OC1CC2CC1CC21COC(=O)C1.